The maximum atomic E-state index is 12.6. The van der Waals surface area contributed by atoms with Crippen LogP contribution >= 0.6 is 23.1 Å². The highest BCUT2D eigenvalue weighted by atomic mass is 32.2. The van der Waals surface area contributed by atoms with Crippen molar-refractivity contribution in [3.8, 4) is 0 Å². The summed E-state index contributed by atoms with van der Waals surface area (Å²) in [5.74, 6) is 0.508. The zero-order valence-electron chi connectivity index (χ0n) is 14.3. The largest absolute Gasteiger partial charge is 0.357 e. The summed E-state index contributed by atoms with van der Waals surface area (Å²) in [6, 6.07) is 8.64. The second-order valence-electron chi connectivity index (χ2n) is 5.94. The van der Waals surface area contributed by atoms with Crippen LogP contribution in [-0.2, 0) is 11.2 Å². The predicted octanol–water partition coefficient (Wildman–Crippen LogP) is 3.76. The molecule has 0 saturated heterocycles. The number of nitrogens with one attached hydrogen (secondary N) is 1. The molecule has 0 spiro atoms. The Morgan fingerprint density at radius 2 is 2.32 bits per heavy atom. The number of aromatic nitrogens is 2. The van der Waals surface area contributed by atoms with Gasteiger partial charge in [-0.25, -0.2) is 0 Å². The Balaban J connectivity index is 1.58. The van der Waals surface area contributed by atoms with E-state index in [4.69, 9.17) is 0 Å². The van der Waals surface area contributed by atoms with E-state index in [1.54, 1.807) is 6.08 Å². The van der Waals surface area contributed by atoms with E-state index in [1.807, 2.05) is 11.9 Å². The Hall–Kier alpha value is -1.86. The lowest BCUT2D eigenvalue weighted by Crippen LogP contribution is -2.34. The van der Waals surface area contributed by atoms with Crippen LogP contribution < -0.4 is 5.32 Å². The average molecular weight is 375 g/mol. The number of nitrogens with zero attached hydrogens (tertiary/aromatic N) is 3. The van der Waals surface area contributed by atoms with E-state index < -0.39 is 0 Å². The molecular weight excluding hydrogens is 352 g/mol. The summed E-state index contributed by atoms with van der Waals surface area (Å²) >= 11 is 2.91. The lowest BCUT2D eigenvalue weighted by Gasteiger charge is -2.33. The number of carbonyl (C=O) groups excluding carboxylic acids is 1. The average Bonchev–Trinajstić information content (AvgIpc) is 3.11. The van der Waals surface area contributed by atoms with Crippen molar-refractivity contribution < 1.29 is 4.79 Å². The van der Waals surface area contributed by atoms with Gasteiger partial charge in [-0.1, -0.05) is 53.4 Å². The Labute approximate surface area is 156 Å². The van der Waals surface area contributed by atoms with Crippen LogP contribution in [0.3, 0.4) is 0 Å². The van der Waals surface area contributed by atoms with E-state index in [9.17, 15) is 4.79 Å². The first-order valence-electron chi connectivity index (χ1n) is 8.33. The van der Waals surface area contributed by atoms with E-state index in [0.29, 0.717) is 12.3 Å². The minimum atomic E-state index is 0.127. The van der Waals surface area contributed by atoms with Gasteiger partial charge >= 0.3 is 0 Å². The topological polar surface area (TPSA) is 58.1 Å². The molecule has 1 amide bonds. The molecule has 1 heterocycles. The molecule has 132 valence electrons. The van der Waals surface area contributed by atoms with Gasteiger partial charge in [-0.15, -0.1) is 16.8 Å². The van der Waals surface area contributed by atoms with Gasteiger partial charge in [0.2, 0.25) is 11.0 Å². The zero-order chi connectivity index (χ0) is 17.6. The number of fused-ring (bicyclic) bond motifs is 1. The summed E-state index contributed by atoms with van der Waals surface area (Å²) in [7, 11) is 1.91. The summed E-state index contributed by atoms with van der Waals surface area (Å²) in [4.78, 5) is 14.5. The first-order valence-corrected chi connectivity index (χ1v) is 10.1. The molecule has 3 rings (SSSR count). The predicted molar refractivity (Wildman–Crippen MR) is 104 cm³/mol. The lowest BCUT2D eigenvalue weighted by atomic mass is 9.87. The molecule has 2 aromatic rings. The summed E-state index contributed by atoms with van der Waals surface area (Å²) < 4.78 is 0.803. The van der Waals surface area contributed by atoms with Crippen molar-refractivity contribution in [3.63, 3.8) is 0 Å². The molecule has 1 aromatic heterocycles. The Morgan fingerprint density at radius 3 is 3.16 bits per heavy atom. The molecule has 0 bridgehead atoms. The minimum absolute atomic E-state index is 0.127. The molecule has 0 radical (unpaired) electrons. The van der Waals surface area contributed by atoms with Crippen LogP contribution in [0.15, 0.2) is 41.3 Å². The lowest BCUT2D eigenvalue weighted by molar-refractivity contribution is -0.129. The van der Waals surface area contributed by atoms with E-state index in [2.05, 4.69) is 46.4 Å². The van der Waals surface area contributed by atoms with Crippen molar-refractivity contribution in [2.45, 2.75) is 29.6 Å². The molecule has 1 atom stereocenters. The van der Waals surface area contributed by atoms with Crippen LogP contribution in [0.4, 0.5) is 5.13 Å². The first-order chi connectivity index (χ1) is 12.2. The fourth-order valence-corrected chi connectivity index (χ4v) is 4.71. The van der Waals surface area contributed by atoms with E-state index in [-0.39, 0.29) is 11.9 Å². The first kappa shape index (κ1) is 17.9. The molecule has 0 fully saturated rings. The van der Waals surface area contributed by atoms with Gasteiger partial charge in [-0.2, -0.15) is 0 Å². The number of aryl methyl sites for hydroxylation is 1. The van der Waals surface area contributed by atoms with Crippen LogP contribution in [0.5, 0.6) is 0 Å². The van der Waals surface area contributed by atoms with Crippen LogP contribution in [0.2, 0.25) is 0 Å². The van der Waals surface area contributed by atoms with Crippen molar-refractivity contribution >= 4 is 34.1 Å². The Morgan fingerprint density at radius 1 is 1.48 bits per heavy atom. The quantitative estimate of drug-likeness (QED) is 0.591. The molecule has 5 nitrogen and oxygen atoms in total. The molecule has 1 N–H and O–H groups in total. The SMILES string of the molecule is C=CCNc1nnc(SCC(=O)N(C)[C@@H]2CCCc3ccccc32)s1. The van der Waals surface area contributed by atoms with Gasteiger partial charge in [-0.05, 0) is 30.4 Å². The summed E-state index contributed by atoms with van der Waals surface area (Å²) in [6.07, 6.45) is 5.03. The monoisotopic (exact) mass is 374 g/mol. The molecule has 0 aliphatic heterocycles. The Bertz CT molecular complexity index is 746. The molecule has 1 aliphatic rings. The highest BCUT2D eigenvalue weighted by Crippen LogP contribution is 2.34. The number of carbonyl (C=O) groups is 1. The molecule has 1 aliphatic carbocycles. The van der Waals surface area contributed by atoms with Crippen molar-refractivity contribution in [1.29, 1.82) is 0 Å². The van der Waals surface area contributed by atoms with Crippen LogP contribution in [0.25, 0.3) is 0 Å². The fourth-order valence-electron chi connectivity index (χ4n) is 3.03. The van der Waals surface area contributed by atoms with Crippen LogP contribution in [0, 0.1) is 0 Å². The highest BCUT2D eigenvalue weighted by Gasteiger charge is 2.26. The third-order valence-electron chi connectivity index (χ3n) is 4.32. The summed E-state index contributed by atoms with van der Waals surface area (Å²) in [6.45, 7) is 4.32. The highest BCUT2D eigenvalue weighted by molar-refractivity contribution is 8.01. The summed E-state index contributed by atoms with van der Waals surface area (Å²) in [5, 5.41) is 12.0. The molecule has 7 heteroatoms. The molecule has 0 unspecified atom stereocenters. The van der Waals surface area contributed by atoms with Crippen molar-refractivity contribution in [1.82, 2.24) is 15.1 Å². The van der Waals surface area contributed by atoms with Gasteiger partial charge in [0.1, 0.15) is 0 Å². The van der Waals surface area contributed by atoms with Crippen LogP contribution in [0.1, 0.15) is 30.0 Å². The normalized spacial score (nSPS) is 16.1. The molecule has 1 aromatic carbocycles. The fraction of sp³-hybridized carbons (Fsp3) is 0.389. The third-order valence-corrected chi connectivity index (χ3v) is 6.32. The number of hydrogen-bond acceptors (Lipinski definition) is 6. The third kappa shape index (κ3) is 4.41. The Kier molecular flexibility index (Phi) is 6.09. The minimum Gasteiger partial charge on any atom is -0.357 e. The van der Waals surface area contributed by atoms with Gasteiger partial charge in [0.05, 0.1) is 11.8 Å². The second-order valence-corrected chi connectivity index (χ2v) is 8.14. The number of hydrogen-bond donors (Lipinski definition) is 1. The van der Waals surface area contributed by atoms with Gasteiger partial charge in [0.25, 0.3) is 0 Å². The smallest absolute Gasteiger partial charge is 0.233 e. The van der Waals surface area contributed by atoms with Crippen LogP contribution in [-0.4, -0.2) is 40.3 Å². The molecule has 25 heavy (non-hydrogen) atoms. The number of anilines is 1. The molecule has 0 saturated carbocycles. The van der Waals surface area contributed by atoms with E-state index >= 15 is 0 Å². The molecular formula is C18H22N4OS2. The zero-order valence-corrected chi connectivity index (χ0v) is 15.9. The number of thioether (sulfide) groups is 1. The summed E-state index contributed by atoms with van der Waals surface area (Å²) in [5.41, 5.74) is 2.66. The maximum Gasteiger partial charge on any atom is 0.233 e. The van der Waals surface area contributed by atoms with E-state index in [0.717, 1.165) is 28.7 Å². The number of rotatable bonds is 7. The second kappa shape index (κ2) is 8.49. The van der Waals surface area contributed by atoms with Crippen molar-refractivity contribution in [2.24, 2.45) is 0 Å². The van der Waals surface area contributed by atoms with Crippen molar-refractivity contribution in [3.05, 3.63) is 48.0 Å². The number of benzene rings is 1. The van der Waals surface area contributed by atoms with Gasteiger partial charge < -0.3 is 10.2 Å². The van der Waals surface area contributed by atoms with Gasteiger partial charge in [0, 0.05) is 13.6 Å². The van der Waals surface area contributed by atoms with Gasteiger partial charge in [-0.3, -0.25) is 4.79 Å². The number of amides is 1. The maximum absolute atomic E-state index is 12.6. The van der Waals surface area contributed by atoms with Crippen molar-refractivity contribution in [2.75, 3.05) is 24.7 Å². The van der Waals surface area contributed by atoms with E-state index in [1.165, 1.54) is 34.2 Å². The van der Waals surface area contributed by atoms with Gasteiger partial charge in [0.15, 0.2) is 4.34 Å². The standard InChI is InChI=1S/C18H22N4OS2/c1-3-11-19-17-20-21-18(25-17)24-12-16(23)22(2)15-10-6-8-13-7-4-5-9-14(13)15/h3-5,7,9,15H,1,6,8,10-12H2,2H3,(H,19,20)/t15-/m1/s1.